The molecular weight excluding hydrogens is 144 g/mol. The molecule has 3 atom stereocenters. The molecular formula is C12H22. The van der Waals surface area contributed by atoms with E-state index in [1.807, 2.05) is 0 Å². The highest BCUT2D eigenvalue weighted by Gasteiger charge is 2.40. The van der Waals surface area contributed by atoms with E-state index in [4.69, 9.17) is 0 Å². The van der Waals surface area contributed by atoms with Crippen molar-refractivity contribution in [2.45, 2.75) is 40.5 Å². The van der Waals surface area contributed by atoms with E-state index in [1.165, 1.54) is 18.4 Å². The third-order valence-corrected chi connectivity index (χ3v) is 3.47. The van der Waals surface area contributed by atoms with Gasteiger partial charge in [-0.3, -0.25) is 0 Å². The molecule has 1 rings (SSSR count). The van der Waals surface area contributed by atoms with Gasteiger partial charge in [0.25, 0.3) is 0 Å². The van der Waals surface area contributed by atoms with Gasteiger partial charge in [-0.25, -0.2) is 0 Å². The van der Waals surface area contributed by atoms with Crippen LogP contribution >= 0.6 is 0 Å². The molecule has 0 N–H and O–H groups in total. The molecule has 12 heavy (non-hydrogen) atoms. The van der Waals surface area contributed by atoms with Crippen LogP contribution in [0.4, 0.5) is 0 Å². The molecule has 0 nitrogen and oxygen atoms in total. The lowest BCUT2D eigenvalue weighted by Crippen LogP contribution is -2.07. The normalized spacial score (nSPS) is 30.4. The fourth-order valence-corrected chi connectivity index (χ4v) is 2.15. The Bertz CT molecular complexity index is 167. The molecule has 1 aliphatic carbocycles. The van der Waals surface area contributed by atoms with Gasteiger partial charge in [0, 0.05) is 0 Å². The minimum Gasteiger partial charge on any atom is -0.0993 e. The highest BCUT2D eigenvalue weighted by Crippen LogP contribution is 2.49. The Hall–Kier alpha value is -0.260. The van der Waals surface area contributed by atoms with Crippen LogP contribution in [0.3, 0.4) is 0 Å². The van der Waals surface area contributed by atoms with Crippen LogP contribution in [0.2, 0.25) is 0 Å². The van der Waals surface area contributed by atoms with Gasteiger partial charge in [0.05, 0.1) is 0 Å². The zero-order valence-corrected chi connectivity index (χ0v) is 8.93. The van der Waals surface area contributed by atoms with Crippen molar-refractivity contribution >= 4 is 0 Å². The van der Waals surface area contributed by atoms with Gasteiger partial charge in [-0.2, -0.15) is 0 Å². The Morgan fingerprint density at radius 2 is 2.00 bits per heavy atom. The lowest BCUT2D eigenvalue weighted by Gasteiger charge is -2.17. The van der Waals surface area contributed by atoms with E-state index in [0.29, 0.717) is 5.92 Å². The van der Waals surface area contributed by atoms with Crippen molar-refractivity contribution in [3.8, 4) is 0 Å². The zero-order chi connectivity index (χ0) is 9.30. The summed E-state index contributed by atoms with van der Waals surface area (Å²) < 4.78 is 0. The van der Waals surface area contributed by atoms with Crippen LogP contribution < -0.4 is 0 Å². The van der Waals surface area contributed by atoms with Gasteiger partial charge in [0.15, 0.2) is 0 Å². The molecule has 0 aromatic rings. The molecule has 0 radical (unpaired) electrons. The maximum absolute atomic E-state index is 4.18. The van der Waals surface area contributed by atoms with E-state index < -0.39 is 0 Å². The van der Waals surface area contributed by atoms with Gasteiger partial charge in [0.2, 0.25) is 0 Å². The lowest BCUT2D eigenvalue weighted by molar-refractivity contribution is 0.492. The van der Waals surface area contributed by atoms with E-state index in [9.17, 15) is 0 Å². The van der Waals surface area contributed by atoms with Crippen LogP contribution in [0.1, 0.15) is 40.5 Å². The van der Waals surface area contributed by atoms with E-state index in [-0.39, 0.29) is 0 Å². The highest BCUT2D eigenvalue weighted by atomic mass is 14.4. The molecule has 1 aliphatic rings. The number of allylic oxidation sites excluding steroid dienone is 1. The summed E-state index contributed by atoms with van der Waals surface area (Å²) >= 11 is 0. The van der Waals surface area contributed by atoms with Crippen LogP contribution in [-0.4, -0.2) is 0 Å². The molecule has 1 fully saturated rings. The Kier molecular flexibility index (Phi) is 2.98. The topological polar surface area (TPSA) is 0 Å². The fourth-order valence-electron chi connectivity index (χ4n) is 2.15. The second-order valence-corrected chi connectivity index (χ2v) is 4.59. The molecule has 0 aromatic heterocycles. The summed E-state index contributed by atoms with van der Waals surface area (Å²) in [6.45, 7) is 13.3. The first-order valence-corrected chi connectivity index (χ1v) is 5.26. The third kappa shape index (κ3) is 1.91. The van der Waals surface area contributed by atoms with Crippen LogP contribution in [0.25, 0.3) is 0 Å². The van der Waals surface area contributed by atoms with Crippen LogP contribution in [-0.2, 0) is 0 Å². The second-order valence-electron chi connectivity index (χ2n) is 4.59. The predicted octanol–water partition coefficient (Wildman–Crippen LogP) is 3.88. The minimum atomic E-state index is 0.665. The van der Waals surface area contributed by atoms with Gasteiger partial charge >= 0.3 is 0 Å². The molecule has 0 aliphatic heterocycles. The van der Waals surface area contributed by atoms with Crippen LogP contribution in [0.5, 0.6) is 0 Å². The summed E-state index contributed by atoms with van der Waals surface area (Å²) in [7, 11) is 0. The summed E-state index contributed by atoms with van der Waals surface area (Å²) in [6.07, 6.45) is 2.81. The summed E-state index contributed by atoms with van der Waals surface area (Å²) in [4.78, 5) is 0. The maximum Gasteiger partial charge on any atom is -0.0201 e. The van der Waals surface area contributed by atoms with Crippen molar-refractivity contribution < 1.29 is 0 Å². The predicted molar refractivity (Wildman–Crippen MR) is 55.0 cm³/mol. The lowest BCUT2D eigenvalue weighted by atomic mass is 9.88. The monoisotopic (exact) mass is 166 g/mol. The number of hydrogen-bond acceptors (Lipinski definition) is 0. The first kappa shape index (κ1) is 9.83. The summed E-state index contributed by atoms with van der Waals surface area (Å²) in [5, 5.41) is 0. The quantitative estimate of drug-likeness (QED) is 0.556. The van der Waals surface area contributed by atoms with Gasteiger partial charge in [-0.15, -0.1) is 0 Å². The van der Waals surface area contributed by atoms with Gasteiger partial charge < -0.3 is 0 Å². The molecule has 1 saturated carbocycles. The third-order valence-electron chi connectivity index (χ3n) is 3.47. The summed E-state index contributed by atoms with van der Waals surface area (Å²) in [5.74, 6) is 3.40. The highest BCUT2D eigenvalue weighted by molar-refractivity contribution is 5.08. The second kappa shape index (κ2) is 3.64. The average molecular weight is 166 g/mol. The molecule has 3 unspecified atom stereocenters. The smallest absolute Gasteiger partial charge is 0.0201 e. The molecule has 70 valence electrons. The van der Waals surface area contributed by atoms with E-state index >= 15 is 0 Å². The van der Waals surface area contributed by atoms with Gasteiger partial charge in [-0.1, -0.05) is 46.3 Å². The van der Waals surface area contributed by atoms with Crippen molar-refractivity contribution in [3.05, 3.63) is 12.2 Å². The number of hydrogen-bond donors (Lipinski definition) is 0. The minimum absolute atomic E-state index is 0.665. The Morgan fingerprint density at radius 1 is 1.42 bits per heavy atom. The first-order valence-electron chi connectivity index (χ1n) is 5.26. The van der Waals surface area contributed by atoms with Crippen molar-refractivity contribution in [2.75, 3.05) is 0 Å². The molecule has 0 amide bonds. The Labute approximate surface area is 77.1 Å². The standard InChI is InChI=1S/C12H22/c1-6-11-7-12(11)10(5)9(4)8(2)3/h8,10-12H,4,6-7H2,1-3,5H3. The van der Waals surface area contributed by atoms with E-state index in [2.05, 4.69) is 34.3 Å². The zero-order valence-electron chi connectivity index (χ0n) is 8.93. The van der Waals surface area contributed by atoms with Crippen LogP contribution in [0, 0.1) is 23.7 Å². The van der Waals surface area contributed by atoms with Crippen molar-refractivity contribution in [2.24, 2.45) is 23.7 Å². The SMILES string of the molecule is C=C(C(C)C)C(C)C1CC1CC. The molecule has 0 spiro atoms. The molecule has 0 heteroatoms. The Balaban J connectivity index is 2.39. The van der Waals surface area contributed by atoms with E-state index in [1.54, 1.807) is 0 Å². The summed E-state index contributed by atoms with van der Waals surface area (Å²) in [5.41, 5.74) is 1.45. The maximum atomic E-state index is 4.18. The van der Waals surface area contributed by atoms with Gasteiger partial charge in [0.1, 0.15) is 0 Å². The molecule has 0 aromatic carbocycles. The summed E-state index contributed by atoms with van der Waals surface area (Å²) in [6, 6.07) is 0. The van der Waals surface area contributed by atoms with Crippen molar-refractivity contribution in [3.63, 3.8) is 0 Å². The molecule has 0 bridgehead atoms. The van der Waals surface area contributed by atoms with Crippen molar-refractivity contribution in [1.82, 2.24) is 0 Å². The van der Waals surface area contributed by atoms with Crippen LogP contribution in [0.15, 0.2) is 12.2 Å². The van der Waals surface area contributed by atoms with Gasteiger partial charge in [-0.05, 0) is 30.1 Å². The first-order chi connectivity index (χ1) is 5.57. The molecule has 0 heterocycles. The average Bonchev–Trinajstić information content (AvgIpc) is 2.80. The van der Waals surface area contributed by atoms with E-state index in [0.717, 1.165) is 17.8 Å². The van der Waals surface area contributed by atoms with Crippen molar-refractivity contribution in [1.29, 1.82) is 0 Å². The molecule has 0 saturated heterocycles. The Morgan fingerprint density at radius 3 is 2.33 bits per heavy atom. The largest absolute Gasteiger partial charge is 0.0993 e. The number of rotatable bonds is 4. The fraction of sp³-hybridized carbons (Fsp3) is 0.833.